The molecule has 196 valence electrons. The number of aromatic nitrogens is 5. The number of carbonyl (C=O) groups excluding carboxylic acids is 2. The molecule has 4 heterocycles. The average molecular weight is 525 g/mol. The molecule has 0 spiro atoms. The number of hydrogen-bond acceptors (Lipinski definition) is 8. The zero-order chi connectivity index (χ0) is 26.5. The highest BCUT2D eigenvalue weighted by atomic mass is 32.1. The monoisotopic (exact) mass is 524 g/mol. The highest BCUT2D eigenvalue weighted by Gasteiger charge is 2.19. The van der Waals surface area contributed by atoms with Crippen LogP contribution in [-0.4, -0.2) is 80.5 Å². The first-order chi connectivity index (χ1) is 17.8. The summed E-state index contributed by atoms with van der Waals surface area (Å²) in [5.41, 5.74) is 2.87. The standard InChI is InChI=1S/C25H32N8O3S/c1-16(2)32(8-9-36-5)7-6-26-23(34)18-10-21(17(3)27-11-18)30-24(35)20-13-29-33-15-22(37-25(20)33)19-12-28-31(4)14-19/h10-16H,6-9H2,1-5H3,(H,26,34)(H,30,35). The zero-order valence-electron chi connectivity index (χ0n) is 21.7. The minimum Gasteiger partial charge on any atom is -0.383 e. The Morgan fingerprint density at radius 2 is 1.95 bits per heavy atom. The number of carbonyl (C=O) groups is 2. The molecule has 0 saturated carbocycles. The third-order valence-electron chi connectivity index (χ3n) is 6.02. The van der Waals surface area contributed by atoms with Crippen LogP contribution in [0, 0.1) is 6.92 Å². The summed E-state index contributed by atoms with van der Waals surface area (Å²) in [6.07, 6.45) is 8.62. The van der Waals surface area contributed by atoms with Crippen LogP contribution in [0.25, 0.3) is 15.3 Å². The van der Waals surface area contributed by atoms with Gasteiger partial charge in [0.05, 0.1) is 46.4 Å². The van der Waals surface area contributed by atoms with Crippen molar-refractivity contribution in [3.63, 3.8) is 0 Å². The molecule has 37 heavy (non-hydrogen) atoms. The van der Waals surface area contributed by atoms with Crippen molar-refractivity contribution in [2.75, 3.05) is 38.7 Å². The molecule has 0 aliphatic carbocycles. The molecule has 0 saturated heterocycles. The Bertz CT molecular complexity index is 1390. The molecule has 2 amide bonds. The molecule has 0 atom stereocenters. The van der Waals surface area contributed by atoms with Gasteiger partial charge in [-0.05, 0) is 26.8 Å². The predicted molar refractivity (Wildman–Crippen MR) is 143 cm³/mol. The summed E-state index contributed by atoms with van der Waals surface area (Å²) in [7, 11) is 3.53. The predicted octanol–water partition coefficient (Wildman–Crippen LogP) is 2.84. The maximum Gasteiger partial charge on any atom is 0.260 e. The average Bonchev–Trinajstić information content (AvgIpc) is 3.57. The first kappa shape index (κ1) is 26.5. The van der Waals surface area contributed by atoms with Gasteiger partial charge in [0, 0.05) is 64.0 Å². The Balaban J connectivity index is 1.43. The van der Waals surface area contributed by atoms with Crippen LogP contribution < -0.4 is 10.6 Å². The lowest BCUT2D eigenvalue weighted by Gasteiger charge is -2.26. The molecule has 0 radical (unpaired) electrons. The number of ether oxygens (including phenoxy) is 1. The van der Waals surface area contributed by atoms with Crippen LogP contribution in [0.1, 0.15) is 40.3 Å². The van der Waals surface area contributed by atoms with Crippen molar-refractivity contribution in [3.05, 3.63) is 53.9 Å². The number of pyridine rings is 1. The topological polar surface area (TPSA) is 119 Å². The molecule has 4 rings (SSSR count). The summed E-state index contributed by atoms with van der Waals surface area (Å²) in [6, 6.07) is 1.99. The summed E-state index contributed by atoms with van der Waals surface area (Å²) >= 11 is 1.46. The van der Waals surface area contributed by atoms with E-state index in [2.05, 4.69) is 44.6 Å². The number of nitrogens with one attached hydrogen (secondary N) is 2. The first-order valence-corrected chi connectivity index (χ1v) is 12.8. The lowest BCUT2D eigenvalue weighted by molar-refractivity contribution is 0.0934. The van der Waals surface area contributed by atoms with Crippen LogP contribution in [0.2, 0.25) is 0 Å². The molecule has 0 aromatic carbocycles. The smallest absolute Gasteiger partial charge is 0.260 e. The number of methoxy groups -OCH3 is 1. The summed E-state index contributed by atoms with van der Waals surface area (Å²) < 4.78 is 8.58. The second kappa shape index (κ2) is 11.6. The van der Waals surface area contributed by atoms with Gasteiger partial charge in [-0.25, -0.2) is 4.52 Å². The van der Waals surface area contributed by atoms with Gasteiger partial charge in [0.1, 0.15) is 4.83 Å². The summed E-state index contributed by atoms with van der Waals surface area (Å²) in [6.45, 7) is 8.63. The number of thiazole rings is 1. The van der Waals surface area contributed by atoms with Crippen LogP contribution in [0.5, 0.6) is 0 Å². The van der Waals surface area contributed by atoms with Gasteiger partial charge in [0.25, 0.3) is 11.8 Å². The second-order valence-electron chi connectivity index (χ2n) is 9.00. The van der Waals surface area contributed by atoms with E-state index in [9.17, 15) is 9.59 Å². The fourth-order valence-corrected chi connectivity index (χ4v) is 4.88. The molecule has 11 nitrogen and oxygen atoms in total. The first-order valence-electron chi connectivity index (χ1n) is 12.0. The number of hydrogen-bond donors (Lipinski definition) is 2. The SMILES string of the molecule is COCCN(CCNC(=O)c1cnc(C)c(NC(=O)c2cnn3cc(-c4cnn(C)c4)sc23)c1)C(C)C. The van der Waals surface area contributed by atoms with Crippen LogP contribution in [-0.2, 0) is 11.8 Å². The van der Waals surface area contributed by atoms with Crippen molar-refractivity contribution < 1.29 is 14.3 Å². The maximum absolute atomic E-state index is 13.2. The van der Waals surface area contributed by atoms with Gasteiger partial charge < -0.3 is 15.4 Å². The lowest BCUT2D eigenvalue weighted by atomic mass is 10.2. The van der Waals surface area contributed by atoms with Crippen molar-refractivity contribution >= 4 is 33.7 Å². The van der Waals surface area contributed by atoms with Gasteiger partial charge >= 0.3 is 0 Å². The number of anilines is 1. The molecule has 4 aromatic heterocycles. The van der Waals surface area contributed by atoms with E-state index >= 15 is 0 Å². The van der Waals surface area contributed by atoms with E-state index in [-0.39, 0.29) is 11.8 Å². The molecule has 0 fully saturated rings. The molecule has 12 heteroatoms. The minimum atomic E-state index is -0.317. The van der Waals surface area contributed by atoms with E-state index in [1.165, 1.54) is 23.7 Å². The van der Waals surface area contributed by atoms with Crippen LogP contribution in [0.3, 0.4) is 0 Å². The number of aryl methyl sites for hydroxylation is 2. The summed E-state index contributed by atoms with van der Waals surface area (Å²) in [4.78, 5) is 34.2. The van der Waals surface area contributed by atoms with Gasteiger partial charge in [-0.1, -0.05) is 0 Å². The molecule has 2 N–H and O–H groups in total. The normalized spacial score (nSPS) is 11.5. The van der Waals surface area contributed by atoms with E-state index in [1.54, 1.807) is 35.5 Å². The van der Waals surface area contributed by atoms with E-state index in [4.69, 9.17) is 4.74 Å². The highest BCUT2D eigenvalue weighted by molar-refractivity contribution is 7.21. The van der Waals surface area contributed by atoms with E-state index in [0.717, 1.165) is 21.8 Å². The number of rotatable bonds is 11. The van der Waals surface area contributed by atoms with Gasteiger partial charge in [0.2, 0.25) is 0 Å². The second-order valence-corrected chi connectivity index (χ2v) is 10.0. The largest absolute Gasteiger partial charge is 0.383 e. The third kappa shape index (κ3) is 6.21. The number of nitrogens with zero attached hydrogens (tertiary/aromatic N) is 6. The molecule has 4 aromatic rings. The maximum atomic E-state index is 13.2. The molecule has 0 bridgehead atoms. The van der Waals surface area contributed by atoms with Crippen molar-refractivity contribution in [1.82, 2.24) is 34.6 Å². The van der Waals surface area contributed by atoms with E-state index in [1.807, 2.05) is 19.4 Å². The fourth-order valence-electron chi connectivity index (χ4n) is 3.85. The Kier molecular flexibility index (Phi) is 8.31. The van der Waals surface area contributed by atoms with Crippen molar-refractivity contribution in [2.24, 2.45) is 7.05 Å². The number of fused-ring (bicyclic) bond motifs is 1. The van der Waals surface area contributed by atoms with Crippen molar-refractivity contribution in [1.29, 1.82) is 0 Å². The molecule has 0 unspecified atom stereocenters. The Morgan fingerprint density at radius 3 is 2.65 bits per heavy atom. The highest BCUT2D eigenvalue weighted by Crippen LogP contribution is 2.30. The molecule has 0 aliphatic heterocycles. The van der Waals surface area contributed by atoms with Crippen LogP contribution >= 0.6 is 11.3 Å². The van der Waals surface area contributed by atoms with Crippen LogP contribution in [0.15, 0.2) is 37.1 Å². The van der Waals surface area contributed by atoms with Gasteiger partial charge in [0.15, 0.2) is 0 Å². The lowest BCUT2D eigenvalue weighted by Crippen LogP contribution is -2.40. The molecular weight excluding hydrogens is 492 g/mol. The third-order valence-corrected chi connectivity index (χ3v) is 7.19. The summed E-state index contributed by atoms with van der Waals surface area (Å²) in [5.74, 6) is -0.562. The molecular formula is C25H32N8O3S. The van der Waals surface area contributed by atoms with Gasteiger partial charge in [-0.3, -0.25) is 24.2 Å². The summed E-state index contributed by atoms with van der Waals surface area (Å²) in [5, 5.41) is 14.4. The van der Waals surface area contributed by atoms with Crippen LogP contribution in [0.4, 0.5) is 5.69 Å². The minimum absolute atomic E-state index is 0.245. The van der Waals surface area contributed by atoms with Gasteiger partial charge in [-0.2, -0.15) is 10.2 Å². The van der Waals surface area contributed by atoms with E-state index < -0.39 is 0 Å². The van der Waals surface area contributed by atoms with Crippen molar-refractivity contribution in [2.45, 2.75) is 26.8 Å². The van der Waals surface area contributed by atoms with E-state index in [0.29, 0.717) is 48.2 Å². The Morgan fingerprint density at radius 1 is 1.14 bits per heavy atom. The Labute approximate surface area is 219 Å². The molecule has 0 aliphatic rings. The Hall–Kier alpha value is -3.61. The quantitative estimate of drug-likeness (QED) is 0.310. The van der Waals surface area contributed by atoms with Gasteiger partial charge in [-0.15, -0.1) is 11.3 Å². The zero-order valence-corrected chi connectivity index (χ0v) is 22.5. The number of amides is 2. The fraction of sp³-hybridized carbons (Fsp3) is 0.400. The van der Waals surface area contributed by atoms with Crippen molar-refractivity contribution in [3.8, 4) is 10.4 Å².